The van der Waals surface area contributed by atoms with Crippen LogP contribution in [0.15, 0.2) is 12.2 Å². The van der Waals surface area contributed by atoms with E-state index in [1.165, 1.54) is 7.11 Å². The maximum atomic E-state index is 11.4. The predicted octanol–water partition coefficient (Wildman–Crippen LogP) is 0.825. The highest BCUT2D eigenvalue weighted by molar-refractivity contribution is 7.89. The van der Waals surface area contributed by atoms with Crippen LogP contribution in [0.5, 0.6) is 0 Å². The highest BCUT2D eigenvalue weighted by Gasteiger charge is 2.10. The van der Waals surface area contributed by atoms with E-state index in [1.54, 1.807) is 0 Å². The summed E-state index contributed by atoms with van der Waals surface area (Å²) in [6.07, 6.45) is 4.84. The summed E-state index contributed by atoms with van der Waals surface area (Å²) >= 11 is 0. The zero-order chi connectivity index (χ0) is 12.4. The zero-order valence-electron chi connectivity index (χ0n) is 9.73. The van der Waals surface area contributed by atoms with Crippen LogP contribution in [0.1, 0.15) is 26.2 Å². The van der Waals surface area contributed by atoms with Crippen molar-refractivity contribution in [2.75, 3.05) is 19.4 Å². The Morgan fingerprint density at radius 2 is 2.12 bits per heavy atom. The Morgan fingerprint density at radius 3 is 2.69 bits per heavy atom. The Labute approximate surface area is 96.9 Å². The van der Waals surface area contributed by atoms with E-state index in [-0.39, 0.29) is 24.6 Å². The van der Waals surface area contributed by atoms with Crippen LogP contribution in [0.4, 0.5) is 0 Å². The Balaban J connectivity index is 3.74. The molecule has 0 rings (SSSR count). The Morgan fingerprint density at radius 1 is 1.44 bits per heavy atom. The van der Waals surface area contributed by atoms with E-state index in [4.69, 9.17) is 0 Å². The maximum Gasteiger partial charge on any atom is 0.305 e. The molecule has 0 saturated carbocycles. The summed E-state index contributed by atoms with van der Waals surface area (Å²) in [5.74, 6) is -0.429. The van der Waals surface area contributed by atoms with Crippen LogP contribution in [-0.2, 0) is 19.6 Å². The number of carbonyl (C=O) groups excluding carboxylic acids is 1. The molecule has 0 unspecified atom stereocenters. The van der Waals surface area contributed by atoms with Crippen LogP contribution >= 0.6 is 0 Å². The van der Waals surface area contributed by atoms with Crippen LogP contribution in [0.25, 0.3) is 0 Å². The third-order valence-electron chi connectivity index (χ3n) is 1.89. The summed E-state index contributed by atoms with van der Waals surface area (Å²) in [5.41, 5.74) is 0. The second-order valence-corrected chi connectivity index (χ2v) is 5.18. The topological polar surface area (TPSA) is 72.5 Å². The number of carbonyl (C=O) groups is 1. The van der Waals surface area contributed by atoms with Crippen molar-refractivity contribution in [3.05, 3.63) is 12.2 Å². The predicted molar refractivity (Wildman–Crippen MR) is 62.5 cm³/mol. The van der Waals surface area contributed by atoms with Crippen molar-refractivity contribution in [1.29, 1.82) is 0 Å². The fourth-order valence-corrected chi connectivity index (χ4v) is 2.14. The van der Waals surface area contributed by atoms with Gasteiger partial charge in [0.25, 0.3) is 0 Å². The van der Waals surface area contributed by atoms with Gasteiger partial charge in [-0.15, -0.1) is 0 Å². The smallest absolute Gasteiger partial charge is 0.305 e. The van der Waals surface area contributed by atoms with Crippen molar-refractivity contribution >= 4 is 16.0 Å². The molecule has 0 aliphatic rings. The maximum absolute atomic E-state index is 11.4. The van der Waals surface area contributed by atoms with Crippen LogP contribution in [0.3, 0.4) is 0 Å². The first-order valence-corrected chi connectivity index (χ1v) is 6.82. The van der Waals surface area contributed by atoms with Gasteiger partial charge in [-0.1, -0.05) is 12.2 Å². The average molecular weight is 249 g/mol. The molecule has 0 spiro atoms. The second kappa shape index (κ2) is 8.29. The highest BCUT2D eigenvalue weighted by atomic mass is 32.2. The van der Waals surface area contributed by atoms with Gasteiger partial charge in [0, 0.05) is 13.0 Å². The molecule has 0 radical (unpaired) electrons. The molecule has 1 N–H and O–H groups in total. The molecular formula is C10H19NO4S. The number of hydrogen-bond donors (Lipinski definition) is 1. The van der Waals surface area contributed by atoms with E-state index in [9.17, 15) is 13.2 Å². The van der Waals surface area contributed by atoms with Gasteiger partial charge in [-0.2, -0.15) is 0 Å². The van der Waals surface area contributed by atoms with Crippen LogP contribution in [-0.4, -0.2) is 33.8 Å². The molecule has 5 nitrogen and oxygen atoms in total. The molecule has 16 heavy (non-hydrogen) atoms. The molecule has 0 atom stereocenters. The monoisotopic (exact) mass is 249 g/mol. The van der Waals surface area contributed by atoms with Gasteiger partial charge >= 0.3 is 5.97 Å². The van der Waals surface area contributed by atoms with Crippen molar-refractivity contribution in [1.82, 2.24) is 4.72 Å². The van der Waals surface area contributed by atoms with Gasteiger partial charge in [-0.3, -0.25) is 4.79 Å². The lowest BCUT2D eigenvalue weighted by molar-refractivity contribution is -0.140. The summed E-state index contributed by atoms with van der Waals surface area (Å²) in [5, 5.41) is 0. The third-order valence-corrected chi connectivity index (χ3v) is 3.36. The number of allylic oxidation sites excluding steroid dienone is 1. The van der Waals surface area contributed by atoms with Crippen molar-refractivity contribution < 1.29 is 17.9 Å². The largest absolute Gasteiger partial charge is 0.469 e. The van der Waals surface area contributed by atoms with Crippen LogP contribution in [0.2, 0.25) is 0 Å². The number of methoxy groups -OCH3 is 1. The molecule has 0 heterocycles. The fourth-order valence-electron chi connectivity index (χ4n) is 1.05. The normalized spacial score (nSPS) is 11.9. The first kappa shape index (κ1) is 15.1. The molecule has 0 aliphatic heterocycles. The standard InChI is InChI=1S/C10H19NO4S/c1-3-4-5-8-11-16(13,14)9-6-7-10(12)15-2/h3-4,11H,5-9H2,1-2H3/b4-3+. The molecule has 0 aromatic heterocycles. The fraction of sp³-hybridized carbons (Fsp3) is 0.700. The molecular weight excluding hydrogens is 230 g/mol. The van der Waals surface area contributed by atoms with E-state index in [0.717, 1.165) is 0 Å². The van der Waals surface area contributed by atoms with Gasteiger partial charge in [0.1, 0.15) is 0 Å². The SMILES string of the molecule is C/C=C/CCNS(=O)(=O)CCCC(=O)OC. The van der Waals surface area contributed by atoms with E-state index in [1.807, 2.05) is 19.1 Å². The van der Waals surface area contributed by atoms with Gasteiger partial charge in [0.15, 0.2) is 0 Å². The lowest BCUT2D eigenvalue weighted by Gasteiger charge is -2.04. The van der Waals surface area contributed by atoms with Crippen molar-refractivity contribution in [2.45, 2.75) is 26.2 Å². The van der Waals surface area contributed by atoms with Gasteiger partial charge in [0.2, 0.25) is 10.0 Å². The molecule has 0 fully saturated rings. The Bertz CT molecular complexity index is 322. The quantitative estimate of drug-likeness (QED) is 0.393. The number of sulfonamides is 1. The van der Waals surface area contributed by atoms with Crippen molar-refractivity contribution in [3.63, 3.8) is 0 Å². The van der Waals surface area contributed by atoms with E-state index in [2.05, 4.69) is 9.46 Å². The molecule has 0 saturated heterocycles. The Kier molecular flexibility index (Phi) is 7.84. The summed E-state index contributed by atoms with van der Waals surface area (Å²) in [7, 11) is -1.97. The Hall–Kier alpha value is -0.880. The van der Waals surface area contributed by atoms with Crippen LogP contribution in [0, 0.1) is 0 Å². The number of nitrogens with one attached hydrogen (secondary N) is 1. The lowest BCUT2D eigenvalue weighted by Crippen LogP contribution is -2.27. The van der Waals surface area contributed by atoms with E-state index >= 15 is 0 Å². The molecule has 6 heteroatoms. The first-order chi connectivity index (χ1) is 7.52. The zero-order valence-corrected chi connectivity index (χ0v) is 10.5. The van der Waals surface area contributed by atoms with Crippen LogP contribution < -0.4 is 4.72 Å². The molecule has 0 aromatic carbocycles. The van der Waals surface area contributed by atoms with Crippen molar-refractivity contribution in [2.24, 2.45) is 0 Å². The lowest BCUT2D eigenvalue weighted by atomic mass is 10.3. The average Bonchev–Trinajstić information content (AvgIpc) is 2.24. The molecule has 0 aromatic rings. The number of ether oxygens (including phenoxy) is 1. The summed E-state index contributed by atoms with van der Waals surface area (Å²) in [6, 6.07) is 0. The minimum atomic E-state index is -3.26. The minimum Gasteiger partial charge on any atom is -0.469 e. The molecule has 0 aliphatic carbocycles. The van der Waals surface area contributed by atoms with E-state index < -0.39 is 10.0 Å². The molecule has 94 valence electrons. The van der Waals surface area contributed by atoms with Gasteiger partial charge in [-0.05, 0) is 19.8 Å². The third kappa shape index (κ3) is 8.43. The highest BCUT2D eigenvalue weighted by Crippen LogP contribution is 1.96. The second-order valence-electron chi connectivity index (χ2n) is 3.25. The first-order valence-electron chi connectivity index (χ1n) is 5.17. The molecule has 0 amide bonds. The summed E-state index contributed by atoms with van der Waals surface area (Å²) in [4.78, 5) is 10.8. The van der Waals surface area contributed by atoms with Gasteiger partial charge in [0.05, 0.1) is 12.9 Å². The number of rotatable bonds is 8. The van der Waals surface area contributed by atoms with Gasteiger partial charge < -0.3 is 4.74 Å². The minimum absolute atomic E-state index is 0.0437. The summed E-state index contributed by atoms with van der Waals surface area (Å²) in [6.45, 7) is 2.27. The van der Waals surface area contributed by atoms with Gasteiger partial charge in [-0.25, -0.2) is 13.1 Å². The number of esters is 1. The van der Waals surface area contributed by atoms with E-state index in [0.29, 0.717) is 13.0 Å². The summed E-state index contributed by atoms with van der Waals surface area (Å²) < 4.78 is 29.6. The van der Waals surface area contributed by atoms with Crippen molar-refractivity contribution in [3.8, 4) is 0 Å². The molecule has 0 bridgehead atoms. The number of hydrogen-bond acceptors (Lipinski definition) is 4.